The van der Waals surface area contributed by atoms with E-state index in [0.717, 1.165) is 19.3 Å². The number of hydrogen-bond donors (Lipinski definition) is 8. The summed E-state index contributed by atoms with van der Waals surface area (Å²) in [6.07, 6.45) is 2.05. The average molecular weight is 644 g/mol. The van der Waals surface area contributed by atoms with Crippen LogP contribution in [0, 0.1) is 23.7 Å². The Morgan fingerprint density at radius 3 is 2.37 bits per heavy atom. The summed E-state index contributed by atoms with van der Waals surface area (Å²) >= 11 is 0. The van der Waals surface area contributed by atoms with Crippen molar-refractivity contribution < 1.29 is 39.3 Å². The quantitative estimate of drug-likeness (QED) is 0.145. The lowest BCUT2D eigenvalue weighted by Crippen LogP contribution is -2.53. The lowest BCUT2D eigenvalue weighted by molar-refractivity contribution is -0.155. The number of carbonyl (C=O) groups is 4. The molecule has 5 atom stereocenters. The van der Waals surface area contributed by atoms with Gasteiger partial charge < -0.3 is 37.0 Å². The highest BCUT2D eigenvalue weighted by molar-refractivity contribution is 5.98. The van der Waals surface area contributed by atoms with Gasteiger partial charge in [0.25, 0.3) is 11.5 Å². The normalized spacial score (nSPS) is 21.6. The number of aliphatic carboxylic acids is 3. The molecule has 4 unspecified atom stereocenters. The number of nitrogens with two attached hydrogens (primary N) is 1. The molecule has 1 aliphatic heterocycles. The number of carboxylic acids is 3. The van der Waals surface area contributed by atoms with Crippen LogP contribution in [0.1, 0.15) is 56.8 Å². The van der Waals surface area contributed by atoms with Crippen molar-refractivity contribution in [3.05, 3.63) is 40.2 Å². The van der Waals surface area contributed by atoms with Gasteiger partial charge in [0, 0.05) is 30.8 Å². The molecule has 1 amide bonds. The molecule has 1 fully saturated rings. The number of nitrogens with one attached hydrogen (secondary N) is 4. The summed E-state index contributed by atoms with van der Waals surface area (Å²) in [5, 5.41) is 37.9. The first kappa shape index (κ1) is 34.0. The van der Waals surface area contributed by atoms with Crippen molar-refractivity contribution >= 4 is 47.0 Å². The van der Waals surface area contributed by atoms with E-state index in [0.29, 0.717) is 42.3 Å². The molecule has 4 rings (SSSR count). The summed E-state index contributed by atoms with van der Waals surface area (Å²) in [7, 11) is 0. The van der Waals surface area contributed by atoms with Crippen molar-refractivity contribution in [1.29, 1.82) is 0 Å². The Balaban J connectivity index is 1.47. The van der Waals surface area contributed by atoms with Gasteiger partial charge in [0.1, 0.15) is 6.04 Å². The zero-order valence-electron chi connectivity index (χ0n) is 25.9. The van der Waals surface area contributed by atoms with Crippen molar-refractivity contribution in [1.82, 2.24) is 15.3 Å². The van der Waals surface area contributed by atoms with E-state index in [9.17, 15) is 29.1 Å². The first-order chi connectivity index (χ1) is 21.7. The molecule has 0 bridgehead atoms. The molecule has 0 radical (unpaired) electrons. The van der Waals surface area contributed by atoms with Gasteiger partial charge in [-0.2, -0.15) is 4.98 Å². The Bertz CT molecular complexity index is 1480. The number of anilines is 4. The Hall–Kier alpha value is -4.86. The zero-order chi connectivity index (χ0) is 33.7. The topological polar surface area (TPSA) is 249 Å². The summed E-state index contributed by atoms with van der Waals surface area (Å²) in [5.41, 5.74) is 6.30. The number of aromatic amines is 1. The van der Waals surface area contributed by atoms with Crippen molar-refractivity contribution in [2.24, 2.45) is 23.7 Å². The van der Waals surface area contributed by atoms with Crippen molar-refractivity contribution in [3.63, 3.8) is 0 Å². The molecule has 0 spiro atoms. The lowest BCUT2D eigenvalue weighted by atomic mass is 9.75. The second kappa shape index (κ2) is 14.5. The number of carboxylic acid groups (broad SMARTS) is 3. The van der Waals surface area contributed by atoms with Crippen LogP contribution in [-0.2, 0) is 19.2 Å². The van der Waals surface area contributed by atoms with Gasteiger partial charge in [-0.25, -0.2) is 9.86 Å². The maximum Gasteiger partial charge on any atom is 0.326 e. The molecular formula is C30H41N7O9. The summed E-state index contributed by atoms with van der Waals surface area (Å²) in [4.78, 5) is 73.3. The fourth-order valence-electron chi connectivity index (χ4n) is 5.95. The van der Waals surface area contributed by atoms with Gasteiger partial charge in [-0.05, 0) is 54.9 Å². The Morgan fingerprint density at radius 1 is 1.09 bits per heavy atom. The maximum absolute atomic E-state index is 13.1. The number of carbonyl (C=O) groups excluding carboxylic acids is 1. The highest BCUT2D eigenvalue weighted by atomic mass is 16.7. The van der Waals surface area contributed by atoms with Crippen LogP contribution in [0.4, 0.5) is 23.1 Å². The van der Waals surface area contributed by atoms with Gasteiger partial charge in [-0.1, -0.05) is 27.2 Å². The number of benzene rings is 1. The van der Waals surface area contributed by atoms with Crippen LogP contribution < -0.4 is 32.3 Å². The average Bonchev–Trinajstić information content (AvgIpc) is 2.98. The highest BCUT2D eigenvalue weighted by Crippen LogP contribution is 2.38. The third kappa shape index (κ3) is 8.04. The minimum atomic E-state index is -2.00. The molecule has 16 heteroatoms. The van der Waals surface area contributed by atoms with Gasteiger partial charge in [-0.3, -0.25) is 29.0 Å². The molecule has 46 heavy (non-hydrogen) atoms. The first-order valence-electron chi connectivity index (χ1n) is 15.2. The van der Waals surface area contributed by atoms with E-state index in [4.69, 9.17) is 20.8 Å². The van der Waals surface area contributed by atoms with E-state index in [1.54, 1.807) is 17.2 Å². The number of amides is 1. The molecule has 16 nitrogen and oxygen atoms in total. The Kier molecular flexibility index (Phi) is 10.7. The van der Waals surface area contributed by atoms with Crippen molar-refractivity contribution in [2.45, 2.75) is 64.6 Å². The first-order valence-corrected chi connectivity index (χ1v) is 15.2. The number of nitrogens with zero attached hydrogens (tertiary/aromatic N) is 2. The lowest BCUT2D eigenvalue weighted by Gasteiger charge is -2.43. The summed E-state index contributed by atoms with van der Waals surface area (Å²) in [5.74, 6) is -6.31. The summed E-state index contributed by atoms with van der Waals surface area (Å²) in [6, 6.07) is 4.01. The van der Waals surface area contributed by atoms with Crippen LogP contribution >= 0.6 is 0 Å². The number of H-pyrrole nitrogens is 1. The van der Waals surface area contributed by atoms with Crippen LogP contribution in [0.5, 0.6) is 0 Å². The zero-order valence-corrected chi connectivity index (χ0v) is 25.9. The van der Waals surface area contributed by atoms with E-state index < -0.39 is 47.8 Å². The fraction of sp³-hybridized carbons (Fsp3) is 0.533. The molecule has 1 aliphatic carbocycles. The van der Waals surface area contributed by atoms with Crippen LogP contribution in [0.3, 0.4) is 0 Å². The Morgan fingerprint density at radius 2 is 1.76 bits per heavy atom. The predicted molar refractivity (Wildman–Crippen MR) is 167 cm³/mol. The predicted octanol–water partition coefficient (Wildman–Crippen LogP) is 1.82. The van der Waals surface area contributed by atoms with Gasteiger partial charge in [0.05, 0.1) is 12.1 Å². The van der Waals surface area contributed by atoms with Crippen LogP contribution in [0.15, 0.2) is 29.1 Å². The number of hydroxylamine groups is 1. The van der Waals surface area contributed by atoms with Crippen LogP contribution in [-0.4, -0.2) is 80.4 Å². The number of aromatic nitrogens is 2. The largest absolute Gasteiger partial charge is 0.481 e. The fourth-order valence-corrected chi connectivity index (χ4v) is 5.95. The van der Waals surface area contributed by atoms with E-state index in [1.807, 2.05) is 0 Å². The van der Waals surface area contributed by atoms with E-state index in [-0.39, 0.29) is 29.3 Å². The monoisotopic (exact) mass is 643 g/mol. The second-order valence-corrected chi connectivity index (χ2v) is 12.3. The molecule has 1 aromatic heterocycles. The minimum absolute atomic E-state index is 0.0125. The number of nitrogen functional groups attached to an aromatic ring is 1. The smallest absolute Gasteiger partial charge is 0.326 e. The number of fused-ring (bicyclic) bond motifs is 1. The van der Waals surface area contributed by atoms with E-state index >= 15 is 0 Å². The van der Waals surface area contributed by atoms with E-state index in [1.165, 1.54) is 12.1 Å². The third-order valence-corrected chi connectivity index (χ3v) is 8.54. The van der Waals surface area contributed by atoms with Gasteiger partial charge in [0.15, 0.2) is 17.4 Å². The molecule has 2 aliphatic rings. The van der Waals surface area contributed by atoms with Crippen molar-refractivity contribution in [2.75, 3.05) is 34.5 Å². The van der Waals surface area contributed by atoms with Gasteiger partial charge in [0.2, 0.25) is 5.95 Å². The molecule has 250 valence electrons. The standard InChI is InChI=1S/C30H41N7O9/c1-14(2)19-9-4-15(3)10-22(19)46-37-18(13-33-24-23(37)26(39)36-30(31)35-24)12-32-17-7-5-16(6-8-17)25(38)34-21(29(44)45)11-20(27(40)41)28(42)43/h5-8,14-15,18-22,32H,4,9-13H2,1-3H3,(H,34,38)(H,40,41)(H,42,43)(H,44,45)(H4,31,33,35,36,39)/t15?,18?,19?,21-,22?/m0/s1. The minimum Gasteiger partial charge on any atom is -0.481 e. The molecule has 2 heterocycles. The van der Waals surface area contributed by atoms with Gasteiger partial charge >= 0.3 is 17.9 Å². The van der Waals surface area contributed by atoms with Gasteiger partial charge in [-0.15, -0.1) is 0 Å². The Labute approximate surface area is 264 Å². The summed E-state index contributed by atoms with van der Waals surface area (Å²) < 4.78 is 0. The molecule has 0 saturated heterocycles. The van der Waals surface area contributed by atoms with Crippen molar-refractivity contribution in [3.8, 4) is 0 Å². The number of rotatable bonds is 13. The van der Waals surface area contributed by atoms with Crippen LogP contribution in [0.25, 0.3) is 0 Å². The maximum atomic E-state index is 13.1. The SMILES string of the molecule is CC1CCC(C(C)C)C(ON2c3c(nc(N)[nH]c3=O)NCC2CNc2ccc(C(=O)N[C@@H](CC(C(=O)O)C(=O)O)C(=O)O)cc2)C1. The molecule has 1 saturated carbocycles. The molecule has 9 N–H and O–H groups in total. The molecular weight excluding hydrogens is 602 g/mol. The summed E-state index contributed by atoms with van der Waals surface area (Å²) in [6.45, 7) is 7.25. The van der Waals surface area contributed by atoms with E-state index in [2.05, 4.69) is 46.7 Å². The molecule has 2 aromatic rings. The second-order valence-electron chi connectivity index (χ2n) is 12.3. The van der Waals surface area contributed by atoms with Crippen LogP contribution in [0.2, 0.25) is 0 Å². The highest BCUT2D eigenvalue weighted by Gasteiger charge is 2.38. The third-order valence-electron chi connectivity index (χ3n) is 8.54. The molecule has 1 aromatic carbocycles. The number of hydrogen-bond acceptors (Lipinski definition) is 11.